The van der Waals surface area contributed by atoms with Gasteiger partial charge in [-0.2, -0.15) is 0 Å². The fourth-order valence-corrected chi connectivity index (χ4v) is 2.25. The van der Waals surface area contributed by atoms with Crippen LogP contribution in [0.1, 0.15) is 0 Å². The van der Waals surface area contributed by atoms with Crippen molar-refractivity contribution < 1.29 is 4.74 Å². The highest BCUT2D eigenvalue weighted by Gasteiger charge is 2.08. The summed E-state index contributed by atoms with van der Waals surface area (Å²) in [5.41, 5.74) is 1.74. The van der Waals surface area contributed by atoms with Gasteiger partial charge in [0, 0.05) is 5.56 Å². The molecule has 0 saturated heterocycles. The van der Waals surface area contributed by atoms with Crippen LogP contribution in [0.25, 0.3) is 21.9 Å². The molecule has 0 bridgehead atoms. The Hall–Kier alpha value is -2.35. The monoisotopic (exact) mass is 236 g/mol. The summed E-state index contributed by atoms with van der Waals surface area (Å²) in [6, 6.07) is 17.1. The minimum Gasteiger partial charge on any atom is -0.497 e. The quantitative estimate of drug-likeness (QED) is 0.648. The Balaban J connectivity index is 2.54. The maximum Gasteiger partial charge on any atom is 0.187 e. The van der Waals surface area contributed by atoms with E-state index in [4.69, 9.17) is 4.74 Å². The van der Waals surface area contributed by atoms with Crippen molar-refractivity contribution in [1.82, 2.24) is 0 Å². The molecule has 3 rings (SSSR count). The molecule has 0 unspecified atom stereocenters. The second-order valence-electron chi connectivity index (χ2n) is 4.20. The predicted octanol–water partition coefficient (Wildman–Crippen LogP) is 3.31. The first-order valence-electron chi connectivity index (χ1n) is 5.79. The zero-order valence-electron chi connectivity index (χ0n) is 10.0. The predicted molar refractivity (Wildman–Crippen MR) is 73.4 cm³/mol. The molecule has 88 valence electrons. The second kappa shape index (κ2) is 4.15. The standard InChI is InChI=1S/C16H12O2/c1-18-13-9-8-11-4-2-5-12-6-3-7-15(17)16(12)14(11)10-13/h2-10H,1H3. The first kappa shape index (κ1) is 10.8. The zero-order chi connectivity index (χ0) is 12.5. The highest BCUT2D eigenvalue weighted by atomic mass is 16.5. The van der Waals surface area contributed by atoms with E-state index in [1.807, 2.05) is 42.5 Å². The summed E-state index contributed by atoms with van der Waals surface area (Å²) in [4.78, 5) is 12.1. The molecule has 0 saturated carbocycles. The summed E-state index contributed by atoms with van der Waals surface area (Å²) in [5, 5.41) is 1.97. The Morgan fingerprint density at radius 3 is 2.50 bits per heavy atom. The molecule has 2 aliphatic rings. The fraction of sp³-hybridized carbons (Fsp3) is 0.0625. The number of methoxy groups -OCH3 is 1. The Kier molecular flexibility index (Phi) is 2.49. The molecule has 0 atom stereocenters. The van der Waals surface area contributed by atoms with Gasteiger partial charge in [-0.3, -0.25) is 4.79 Å². The first-order chi connectivity index (χ1) is 8.79. The lowest BCUT2D eigenvalue weighted by Crippen LogP contribution is -2.02. The molecule has 0 aromatic heterocycles. The average molecular weight is 236 g/mol. The van der Waals surface area contributed by atoms with Crippen LogP contribution in [0, 0.1) is 0 Å². The van der Waals surface area contributed by atoms with Crippen molar-refractivity contribution in [3.63, 3.8) is 0 Å². The number of fused-ring (bicyclic) bond motifs is 3. The van der Waals surface area contributed by atoms with E-state index < -0.39 is 0 Å². The van der Waals surface area contributed by atoms with Gasteiger partial charge in [0.25, 0.3) is 0 Å². The van der Waals surface area contributed by atoms with Crippen molar-refractivity contribution in [2.75, 3.05) is 7.11 Å². The summed E-state index contributed by atoms with van der Waals surface area (Å²) in [5.74, 6) is 0.762. The van der Waals surface area contributed by atoms with Crippen LogP contribution in [-0.4, -0.2) is 7.11 Å². The summed E-state index contributed by atoms with van der Waals surface area (Å²) >= 11 is 0. The van der Waals surface area contributed by atoms with E-state index in [9.17, 15) is 4.79 Å². The Morgan fingerprint density at radius 1 is 0.944 bits per heavy atom. The molecule has 0 aliphatic heterocycles. The van der Waals surface area contributed by atoms with Crippen molar-refractivity contribution in [2.45, 2.75) is 0 Å². The number of hydrogen-bond donors (Lipinski definition) is 0. The van der Waals surface area contributed by atoms with Gasteiger partial charge < -0.3 is 4.74 Å². The minimum absolute atomic E-state index is 0.0435. The zero-order valence-corrected chi connectivity index (χ0v) is 10.0. The molecule has 0 radical (unpaired) electrons. The lowest BCUT2D eigenvalue weighted by molar-refractivity contribution is 0.415. The van der Waals surface area contributed by atoms with E-state index >= 15 is 0 Å². The molecular formula is C16H12O2. The molecule has 0 N–H and O–H groups in total. The minimum atomic E-state index is 0.0435. The van der Waals surface area contributed by atoms with Gasteiger partial charge in [0.2, 0.25) is 0 Å². The summed E-state index contributed by atoms with van der Waals surface area (Å²) in [7, 11) is 1.63. The third-order valence-electron chi connectivity index (χ3n) is 3.14. The molecule has 2 heteroatoms. The number of ether oxygens (including phenoxy) is 1. The molecule has 0 heterocycles. The molecule has 2 nitrogen and oxygen atoms in total. The first-order valence-corrected chi connectivity index (χ1v) is 5.79. The Bertz CT molecular complexity index is 747. The van der Waals surface area contributed by atoms with Gasteiger partial charge in [-0.1, -0.05) is 36.4 Å². The summed E-state index contributed by atoms with van der Waals surface area (Å²) < 4.78 is 5.24. The van der Waals surface area contributed by atoms with E-state index in [1.54, 1.807) is 19.2 Å². The molecule has 0 amide bonds. The largest absolute Gasteiger partial charge is 0.497 e. The van der Waals surface area contributed by atoms with Crippen LogP contribution in [0.15, 0.2) is 59.4 Å². The van der Waals surface area contributed by atoms with Gasteiger partial charge in [-0.25, -0.2) is 0 Å². The lowest BCUT2D eigenvalue weighted by Gasteiger charge is -2.05. The number of rotatable bonds is 1. The maximum atomic E-state index is 12.1. The Morgan fingerprint density at radius 2 is 1.72 bits per heavy atom. The van der Waals surface area contributed by atoms with Gasteiger partial charge in [0.1, 0.15) is 5.75 Å². The van der Waals surface area contributed by atoms with Crippen molar-refractivity contribution in [2.24, 2.45) is 0 Å². The van der Waals surface area contributed by atoms with Crippen LogP contribution < -0.4 is 10.2 Å². The molecule has 1 aromatic rings. The van der Waals surface area contributed by atoms with E-state index in [0.717, 1.165) is 27.6 Å². The molecule has 2 aliphatic carbocycles. The van der Waals surface area contributed by atoms with Crippen LogP contribution in [0.4, 0.5) is 0 Å². The van der Waals surface area contributed by atoms with Gasteiger partial charge in [0.15, 0.2) is 5.43 Å². The molecule has 0 spiro atoms. The van der Waals surface area contributed by atoms with Gasteiger partial charge in [-0.05, 0) is 34.5 Å². The van der Waals surface area contributed by atoms with Crippen LogP contribution in [-0.2, 0) is 0 Å². The molecular weight excluding hydrogens is 224 g/mol. The summed E-state index contributed by atoms with van der Waals surface area (Å²) in [6.45, 7) is 0. The molecule has 0 fully saturated rings. The van der Waals surface area contributed by atoms with Gasteiger partial charge in [0.05, 0.1) is 7.11 Å². The van der Waals surface area contributed by atoms with Crippen LogP contribution >= 0.6 is 0 Å². The van der Waals surface area contributed by atoms with Crippen molar-refractivity contribution in [3.05, 3.63) is 64.8 Å². The highest BCUT2D eigenvalue weighted by molar-refractivity contribution is 5.97. The third kappa shape index (κ3) is 1.63. The normalized spacial score (nSPS) is 10.7. The smallest absolute Gasteiger partial charge is 0.187 e. The topological polar surface area (TPSA) is 26.3 Å². The van der Waals surface area contributed by atoms with Crippen LogP contribution in [0.5, 0.6) is 5.75 Å². The van der Waals surface area contributed by atoms with E-state index in [2.05, 4.69) is 0 Å². The van der Waals surface area contributed by atoms with E-state index in [0.29, 0.717) is 0 Å². The fourth-order valence-electron chi connectivity index (χ4n) is 2.25. The molecule has 18 heavy (non-hydrogen) atoms. The van der Waals surface area contributed by atoms with E-state index in [1.165, 1.54) is 0 Å². The SMILES string of the molecule is COc1ccc2cccc3cccc(=O)c-3c2c1. The van der Waals surface area contributed by atoms with Crippen molar-refractivity contribution >= 4 is 10.8 Å². The Labute approximate surface area is 105 Å². The highest BCUT2D eigenvalue weighted by Crippen LogP contribution is 2.28. The van der Waals surface area contributed by atoms with Crippen LogP contribution in [0.3, 0.4) is 0 Å². The third-order valence-corrected chi connectivity index (χ3v) is 3.14. The van der Waals surface area contributed by atoms with Crippen LogP contribution in [0.2, 0.25) is 0 Å². The maximum absolute atomic E-state index is 12.1. The number of benzene rings is 2. The lowest BCUT2D eigenvalue weighted by atomic mass is 10.0. The van der Waals surface area contributed by atoms with Crippen molar-refractivity contribution in [1.29, 1.82) is 0 Å². The molecule has 1 aromatic carbocycles. The van der Waals surface area contributed by atoms with Gasteiger partial charge >= 0.3 is 0 Å². The van der Waals surface area contributed by atoms with E-state index in [-0.39, 0.29) is 5.43 Å². The second-order valence-corrected chi connectivity index (χ2v) is 4.20. The average Bonchev–Trinajstić information content (AvgIpc) is 2.58. The number of hydrogen-bond acceptors (Lipinski definition) is 2. The van der Waals surface area contributed by atoms with Gasteiger partial charge in [-0.15, -0.1) is 0 Å². The van der Waals surface area contributed by atoms with Crippen molar-refractivity contribution in [3.8, 4) is 16.9 Å². The summed E-state index contributed by atoms with van der Waals surface area (Å²) in [6.07, 6.45) is 0.